The second-order valence-corrected chi connectivity index (χ2v) is 8.28. The molecule has 1 aromatic rings. The van der Waals surface area contributed by atoms with E-state index in [0.29, 0.717) is 16.6 Å². The third kappa shape index (κ3) is 4.95. The highest BCUT2D eigenvalue weighted by Crippen LogP contribution is 2.25. The Balaban J connectivity index is 2.59. The van der Waals surface area contributed by atoms with Crippen LogP contribution in [0.15, 0.2) is 18.2 Å². The van der Waals surface area contributed by atoms with Crippen molar-refractivity contribution in [3.63, 3.8) is 0 Å². The molecule has 0 amide bonds. The molecule has 0 aliphatic heterocycles. The third-order valence-electron chi connectivity index (χ3n) is 2.98. The van der Waals surface area contributed by atoms with E-state index in [2.05, 4.69) is 5.32 Å². The minimum Gasteiger partial charge on any atom is -0.309 e. The van der Waals surface area contributed by atoms with Gasteiger partial charge in [0.1, 0.15) is 0 Å². The highest BCUT2D eigenvalue weighted by molar-refractivity contribution is 7.92. The van der Waals surface area contributed by atoms with Crippen LogP contribution in [0.25, 0.3) is 0 Å². The van der Waals surface area contributed by atoms with Crippen LogP contribution >= 0.6 is 23.2 Å². The average molecular weight is 324 g/mol. The zero-order valence-corrected chi connectivity index (χ0v) is 13.6. The molecule has 0 saturated heterocycles. The molecule has 0 fully saturated rings. The van der Waals surface area contributed by atoms with E-state index in [1.165, 1.54) is 0 Å². The molecular formula is C13H19Cl2NO2S. The van der Waals surface area contributed by atoms with Crippen molar-refractivity contribution in [3.8, 4) is 0 Å². The molecule has 0 heterocycles. The molecule has 0 saturated carbocycles. The number of hydrogen-bond donors (Lipinski definition) is 1. The van der Waals surface area contributed by atoms with Crippen LogP contribution in [0.1, 0.15) is 32.4 Å². The van der Waals surface area contributed by atoms with E-state index >= 15 is 0 Å². The number of halogens is 2. The minimum atomic E-state index is -3.01. The van der Waals surface area contributed by atoms with E-state index in [1.807, 2.05) is 13.0 Å². The van der Waals surface area contributed by atoms with Gasteiger partial charge in [0.25, 0.3) is 0 Å². The van der Waals surface area contributed by atoms with Crippen LogP contribution in [0.4, 0.5) is 0 Å². The maximum Gasteiger partial charge on any atom is 0.153 e. The van der Waals surface area contributed by atoms with Gasteiger partial charge in [-0.25, -0.2) is 8.42 Å². The van der Waals surface area contributed by atoms with Crippen molar-refractivity contribution in [1.82, 2.24) is 5.32 Å². The zero-order chi connectivity index (χ0) is 14.6. The molecule has 1 aromatic carbocycles. The van der Waals surface area contributed by atoms with Crippen LogP contribution in [0.2, 0.25) is 10.0 Å². The molecule has 1 atom stereocenters. The van der Waals surface area contributed by atoms with Crippen LogP contribution in [-0.2, 0) is 9.84 Å². The van der Waals surface area contributed by atoms with E-state index in [0.717, 1.165) is 5.56 Å². The zero-order valence-electron chi connectivity index (χ0n) is 11.3. The monoisotopic (exact) mass is 323 g/mol. The van der Waals surface area contributed by atoms with Gasteiger partial charge in [0.05, 0.1) is 11.0 Å². The van der Waals surface area contributed by atoms with Crippen LogP contribution in [-0.4, -0.2) is 26.0 Å². The quantitative estimate of drug-likeness (QED) is 0.871. The van der Waals surface area contributed by atoms with E-state index in [4.69, 9.17) is 23.2 Å². The molecule has 1 N–H and O–H groups in total. The van der Waals surface area contributed by atoms with Gasteiger partial charge in [-0.3, -0.25) is 0 Å². The normalized spacial score (nSPS) is 13.8. The Morgan fingerprint density at radius 3 is 2.37 bits per heavy atom. The summed E-state index contributed by atoms with van der Waals surface area (Å²) in [5.74, 6) is 0.125. The van der Waals surface area contributed by atoms with Crippen LogP contribution < -0.4 is 5.32 Å². The SMILES string of the molecule is CC(NCCS(=O)(=O)C(C)C)c1ccc(Cl)cc1Cl. The fourth-order valence-electron chi connectivity index (χ4n) is 1.62. The Labute approximate surface area is 125 Å². The lowest BCUT2D eigenvalue weighted by molar-refractivity contribution is 0.566. The molecular weight excluding hydrogens is 305 g/mol. The molecule has 6 heteroatoms. The van der Waals surface area contributed by atoms with Crippen molar-refractivity contribution < 1.29 is 8.42 Å². The lowest BCUT2D eigenvalue weighted by Crippen LogP contribution is -2.29. The van der Waals surface area contributed by atoms with E-state index in [1.54, 1.807) is 26.0 Å². The van der Waals surface area contributed by atoms with E-state index in [9.17, 15) is 8.42 Å². The molecule has 0 aromatic heterocycles. The summed E-state index contributed by atoms with van der Waals surface area (Å²) in [7, 11) is -3.01. The van der Waals surface area contributed by atoms with Gasteiger partial charge in [-0.2, -0.15) is 0 Å². The molecule has 0 radical (unpaired) electrons. The smallest absolute Gasteiger partial charge is 0.153 e. The summed E-state index contributed by atoms with van der Waals surface area (Å²) in [6, 6.07) is 5.28. The van der Waals surface area contributed by atoms with Gasteiger partial charge in [-0.1, -0.05) is 29.3 Å². The first-order chi connectivity index (χ1) is 8.74. The lowest BCUT2D eigenvalue weighted by Gasteiger charge is -2.16. The lowest BCUT2D eigenvalue weighted by atomic mass is 10.1. The molecule has 0 aliphatic carbocycles. The van der Waals surface area contributed by atoms with Crippen molar-refractivity contribution in [2.45, 2.75) is 32.1 Å². The fourth-order valence-corrected chi connectivity index (χ4v) is 3.06. The number of benzene rings is 1. The standard InChI is InChI=1S/C13H19Cl2NO2S/c1-9(2)19(17,18)7-6-16-10(3)12-5-4-11(14)8-13(12)15/h4-5,8-10,16H,6-7H2,1-3H3. The van der Waals surface area contributed by atoms with Gasteiger partial charge in [0, 0.05) is 22.6 Å². The van der Waals surface area contributed by atoms with Gasteiger partial charge >= 0.3 is 0 Å². The summed E-state index contributed by atoms with van der Waals surface area (Å²) in [6.07, 6.45) is 0. The van der Waals surface area contributed by atoms with Gasteiger partial charge < -0.3 is 5.32 Å². The predicted octanol–water partition coefficient (Wildman–Crippen LogP) is 3.47. The molecule has 19 heavy (non-hydrogen) atoms. The number of hydrogen-bond acceptors (Lipinski definition) is 3. The summed E-state index contributed by atoms with van der Waals surface area (Å²) in [5, 5.41) is 3.99. The molecule has 1 rings (SSSR count). The summed E-state index contributed by atoms with van der Waals surface area (Å²) in [5.41, 5.74) is 0.910. The summed E-state index contributed by atoms with van der Waals surface area (Å²) in [6.45, 7) is 5.72. The minimum absolute atomic E-state index is 0.0212. The van der Waals surface area contributed by atoms with Crippen molar-refractivity contribution in [3.05, 3.63) is 33.8 Å². The second kappa shape index (κ2) is 6.93. The van der Waals surface area contributed by atoms with Crippen LogP contribution in [0, 0.1) is 0 Å². The van der Waals surface area contributed by atoms with Gasteiger partial charge in [-0.15, -0.1) is 0 Å². The van der Waals surface area contributed by atoms with Gasteiger partial charge in [0.15, 0.2) is 9.84 Å². The average Bonchev–Trinajstić information content (AvgIpc) is 2.28. The Morgan fingerprint density at radius 1 is 1.21 bits per heavy atom. The van der Waals surface area contributed by atoms with E-state index < -0.39 is 9.84 Å². The second-order valence-electron chi connectivity index (χ2n) is 4.76. The first-order valence-corrected chi connectivity index (χ1v) is 8.61. The van der Waals surface area contributed by atoms with Crippen molar-refractivity contribution in [2.24, 2.45) is 0 Å². The Morgan fingerprint density at radius 2 is 1.84 bits per heavy atom. The largest absolute Gasteiger partial charge is 0.309 e. The topological polar surface area (TPSA) is 46.2 Å². The summed E-state index contributed by atoms with van der Waals surface area (Å²) < 4.78 is 23.4. The van der Waals surface area contributed by atoms with Crippen LogP contribution in [0.3, 0.4) is 0 Å². The molecule has 0 spiro atoms. The third-order valence-corrected chi connectivity index (χ3v) is 5.76. The predicted molar refractivity (Wildman–Crippen MR) is 81.8 cm³/mol. The first-order valence-electron chi connectivity index (χ1n) is 6.14. The molecule has 0 aliphatic rings. The molecule has 108 valence electrons. The number of sulfone groups is 1. The van der Waals surface area contributed by atoms with Crippen molar-refractivity contribution in [2.75, 3.05) is 12.3 Å². The summed E-state index contributed by atoms with van der Waals surface area (Å²) in [4.78, 5) is 0. The van der Waals surface area contributed by atoms with Crippen molar-refractivity contribution >= 4 is 33.0 Å². The Bertz CT molecular complexity index is 529. The fraction of sp³-hybridized carbons (Fsp3) is 0.538. The van der Waals surface area contributed by atoms with E-state index in [-0.39, 0.29) is 17.0 Å². The maximum absolute atomic E-state index is 11.7. The first kappa shape index (κ1) is 16.8. The molecule has 0 bridgehead atoms. The number of rotatable bonds is 6. The molecule has 1 unspecified atom stereocenters. The maximum atomic E-state index is 11.7. The Kier molecular flexibility index (Phi) is 6.12. The highest BCUT2D eigenvalue weighted by atomic mass is 35.5. The molecule has 3 nitrogen and oxygen atoms in total. The van der Waals surface area contributed by atoms with Gasteiger partial charge in [-0.05, 0) is 38.5 Å². The summed E-state index contributed by atoms with van der Waals surface area (Å²) >= 11 is 11.9. The van der Waals surface area contributed by atoms with Crippen LogP contribution in [0.5, 0.6) is 0 Å². The number of nitrogens with one attached hydrogen (secondary N) is 1. The Hall–Kier alpha value is -0.290. The van der Waals surface area contributed by atoms with Crippen molar-refractivity contribution in [1.29, 1.82) is 0 Å². The highest BCUT2D eigenvalue weighted by Gasteiger charge is 2.16. The van der Waals surface area contributed by atoms with Gasteiger partial charge in [0.2, 0.25) is 0 Å².